The van der Waals surface area contributed by atoms with Crippen LogP contribution in [0.1, 0.15) is 18.4 Å². The molecule has 2 heterocycles. The Kier molecular flexibility index (Phi) is 6.52. The summed E-state index contributed by atoms with van der Waals surface area (Å²) in [4.78, 5) is 43.7. The molecule has 11 nitrogen and oxygen atoms in total. The number of nitrogens with zero attached hydrogens (tertiary/aromatic N) is 4. The topological polar surface area (TPSA) is 156 Å². The molecule has 13 heteroatoms. The minimum atomic E-state index is -1.07. The number of hydrogen-bond acceptors (Lipinski definition) is 8. The molecule has 2 amide bonds. The van der Waals surface area contributed by atoms with E-state index in [9.17, 15) is 28.5 Å². The van der Waals surface area contributed by atoms with Gasteiger partial charge in [-0.25, -0.2) is 18.7 Å². The van der Waals surface area contributed by atoms with Crippen molar-refractivity contribution in [2.45, 2.75) is 25.4 Å². The molecular formula is C18H19F2N7O4. The molecule has 1 aromatic heterocycles. The zero-order chi connectivity index (χ0) is 22.5. The Balaban J connectivity index is 1.87. The molecule has 0 radical (unpaired) electrons. The van der Waals surface area contributed by atoms with E-state index in [1.165, 1.54) is 17.0 Å². The van der Waals surface area contributed by atoms with E-state index in [1.807, 2.05) is 0 Å². The molecule has 3 rings (SSSR count). The second kappa shape index (κ2) is 9.28. The van der Waals surface area contributed by atoms with E-state index >= 15 is 0 Å². The lowest BCUT2D eigenvalue weighted by molar-refractivity contribution is -0.383. The van der Waals surface area contributed by atoms with Crippen molar-refractivity contribution in [3.05, 3.63) is 51.8 Å². The van der Waals surface area contributed by atoms with Crippen LogP contribution in [0.5, 0.6) is 0 Å². The maximum absolute atomic E-state index is 13.9. The van der Waals surface area contributed by atoms with Crippen LogP contribution in [0, 0.1) is 21.7 Å². The van der Waals surface area contributed by atoms with Crippen LogP contribution in [0.3, 0.4) is 0 Å². The van der Waals surface area contributed by atoms with Gasteiger partial charge in [0.25, 0.3) is 0 Å². The summed E-state index contributed by atoms with van der Waals surface area (Å²) in [5.74, 6) is -3.65. The molecule has 4 N–H and O–H groups in total. The van der Waals surface area contributed by atoms with E-state index in [0.29, 0.717) is 19.4 Å². The number of halogens is 2. The Labute approximate surface area is 174 Å². The van der Waals surface area contributed by atoms with Crippen molar-refractivity contribution in [1.82, 2.24) is 15.3 Å². The third-order valence-electron chi connectivity index (χ3n) is 4.73. The quantitative estimate of drug-likeness (QED) is 0.407. The average Bonchev–Trinajstić information content (AvgIpc) is 3.22. The lowest BCUT2D eigenvalue weighted by Crippen LogP contribution is -2.46. The van der Waals surface area contributed by atoms with E-state index < -0.39 is 40.1 Å². The number of anilines is 2. The van der Waals surface area contributed by atoms with Crippen LogP contribution in [0.15, 0.2) is 24.5 Å². The number of nitrogens with one attached hydrogen (secondary N) is 2. The molecule has 1 aromatic carbocycles. The molecule has 164 valence electrons. The number of amides is 2. The van der Waals surface area contributed by atoms with Crippen molar-refractivity contribution in [2.75, 3.05) is 23.3 Å². The molecule has 1 saturated heterocycles. The number of carbonyl (C=O) groups is 2. The highest BCUT2D eigenvalue weighted by Crippen LogP contribution is 2.36. The molecular weight excluding hydrogens is 416 g/mol. The Morgan fingerprint density at radius 3 is 2.81 bits per heavy atom. The molecule has 1 unspecified atom stereocenters. The van der Waals surface area contributed by atoms with Gasteiger partial charge in [-0.2, -0.15) is 0 Å². The summed E-state index contributed by atoms with van der Waals surface area (Å²) >= 11 is 0. The fraction of sp³-hybridized carbons (Fsp3) is 0.333. The fourth-order valence-corrected chi connectivity index (χ4v) is 3.33. The number of aromatic nitrogens is 2. The van der Waals surface area contributed by atoms with Crippen LogP contribution in [-0.2, 0) is 16.1 Å². The van der Waals surface area contributed by atoms with E-state index in [0.717, 1.165) is 12.4 Å². The average molecular weight is 435 g/mol. The Morgan fingerprint density at radius 1 is 1.32 bits per heavy atom. The third kappa shape index (κ3) is 4.82. The predicted octanol–water partition coefficient (Wildman–Crippen LogP) is 0.845. The van der Waals surface area contributed by atoms with Crippen LogP contribution in [-0.4, -0.2) is 45.8 Å². The van der Waals surface area contributed by atoms with Gasteiger partial charge in [0.05, 0.1) is 11.5 Å². The summed E-state index contributed by atoms with van der Waals surface area (Å²) in [6.07, 6.45) is 2.03. The monoisotopic (exact) mass is 435 g/mol. The highest BCUT2D eigenvalue weighted by atomic mass is 19.2. The SMILES string of the molecule is NC(=O)CNC(=O)C1CCCN1c1ncnc(NCc2cccc(F)c2F)c1[N+](=O)[O-]. The van der Waals surface area contributed by atoms with Gasteiger partial charge in [0.15, 0.2) is 11.6 Å². The van der Waals surface area contributed by atoms with Crippen molar-refractivity contribution in [3.8, 4) is 0 Å². The zero-order valence-corrected chi connectivity index (χ0v) is 16.2. The van der Waals surface area contributed by atoms with Crippen molar-refractivity contribution in [2.24, 2.45) is 5.73 Å². The number of benzene rings is 1. The molecule has 0 spiro atoms. The van der Waals surface area contributed by atoms with Crippen molar-refractivity contribution < 1.29 is 23.3 Å². The van der Waals surface area contributed by atoms with Gasteiger partial charge in [-0.1, -0.05) is 12.1 Å². The fourth-order valence-electron chi connectivity index (χ4n) is 3.33. The number of primary amides is 1. The first-order valence-electron chi connectivity index (χ1n) is 9.28. The Bertz CT molecular complexity index is 1020. The van der Waals surface area contributed by atoms with Crippen LogP contribution >= 0.6 is 0 Å². The van der Waals surface area contributed by atoms with E-state index in [4.69, 9.17) is 5.73 Å². The first-order valence-corrected chi connectivity index (χ1v) is 9.28. The van der Waals surface area contributed by atoms with Crippen molar-refractivity contribution >= 4 is 29.1 Å². The summed E-state index contributed by atoms with van der Waals surface area (Å²) < 4.78 is 27.3. The lowest BCUT2D eigenvalue weighted by Gasteiger charge is -2.24. The van der Waals surface area contributed by atoms with Crippen LogP contribution in [0.2, 0.25) is 0 Å². The van der Waals surface area contributed by atoms with Crippen LogP contribution in [0.25, 0.3) is 0 Å². The molecule has 1 aliphatic heterocycles. The number of carbonyl (C=O) groups excluding carboxylic acids is 2. The van der Waals surface area contributed by atoms with E-state index in [-0.39, 0.29) is 30.3 Å². The first-order chi connectivity index (χ1) is 14.8. The number of nitro groups is 1. The van der Waals surface area contributed by atoms with Crippen molar-refractivity contribution in [1.29, 1.82) is 0 Å². The highest BCUT2D eigenvalue weighted by molar-refractivity contribution is 5.90. The molecule has 1 aliphatic rings. The Hall–Kier alpha value is -3.90. The van der Waals surface area contributed by atoms with Gasteiger partial charge in [-0.15, -0.1) is 0 Å². The molecule has 1 atom stereocenters. The summed E-state index contributed by atoms with van der Waals surface area (Å²) in [5.41, 5.74) is 4.49. The summed E-state index contributed by atoms with van der Waals surface area (Å²) in [6, 6.07) is 2.82. The zero-order valence-electron chi connectivity index (χ0n) is 16.2. The molecule has 31 heavy (non-hydrogen) atoms. The highest BCUT2D eigenvalue weighted by Gasteiger charge is 2.37. The molecule has 0 saturated carbocycles. The number of hydrogen-bond donors (Lipinski definition) is 3. The van der Waals surface area contributed by atoms with Gasteiger partial charge < -0.3 is 21.3 Å². The number of nitrogens with two attached hydrogens (primary N) is 1. The number of rotatable bonds is 8. The summed E-state index contributed by atoms with van der Waals surface area (Å²) in [5, 5.41) is 16.8. The first kappa shape index (κ1) is 21.8. The van der Waals surface area contributed by atoms with E-state index in [2.05, 4.69) is 20.6 Å². The lowest BCUT2D eigenvalue weighted by atomic mass is 10.2. The summed E-state index contributed by atoms with van der Waals surface area (Å²) in [6.45, 7) is -0.311. The van der Waals surface area contributed by atoms with Crippen LogP contribution < -0.4 is 21.3 Å². The second-order valence-electron chi connectivity index (χ2n) is 6.75. The van der Waals surface area contributed by atoms with Gasteiger partial charge in [-0.05, 0) is 18.9 Å². The third-order valence-corrected chi connectivity index (χ3v) is 4.73. The normalized spacial score (nSPS) is 15.5. The molecule has 0 bridgehead atoms. The van der Waals surface area contributed by atoms with Crippen LogP contribution in [0.4, 0.5) is 26.1 Å². The van der Waals surface area contributed by atoms with Gasteiger partial charge >= 0.3 is 5.69 Å². The summed E-state index contributed by atoms with van der Waals surface area (Å²) in [7, 11) is 0. The molecule has 2 aromatic rings. The van der Waals surface area contributed by atoms with Gasteiger partial charge in [0.1, 0.15) is 12.4 Å². The van der Waals surface area contributed by atoms with Gasteiger partial charge in [-0.3, -0.25) is 19.7 Å². The largest absolute Gasteiger partial charge is 0.368 e. The maximum atomic E-state index is 13.9. The maximum Gasteiger partial charge on any atom is 0.353 e. The predicted molar refractivity (Wildman–Crippen MR) is 105 cm³/mol. The van der Waals surface area contributed by atoms with Gasteiger partial charge in [0.2, 0.25) is 23.5 Å². The minimum Gasteiger partial charge on any atom is -0.368 e. The standard InChI is InChI=1S/C18H19F2N7O4/c19-11-4-1-3-10(14(11)20)7-22-16-15(27(30)31)17(25-9-24-16)26-6-2-5-12(26)18(29)23-8-13(21)28/h1,3-4,9,12H,2,5-8H2,(H2,21,28)(H,23,29)(H,22,24,25). The second-order valence-corrected chi connectivity index (χ2v) is 6.75. The molecule has 0 aliphatic carbocycles. The van der Waals surface area contributed by atoms with Gasteiger partial charge in [0, 0.05) is 18.7 Å². The smallest absolute Gasteiger partial charge is 0.353 e. The Morgan fingerprint density at radius 2 is 2.10 bits per heavy atom. The van der Waals surface area contributed by atoms with E-state index in [1.54, 1.807) is 0 Å². The minimum absolute atomic E-state index is 0.0423. The molecule has 1 fully saturated rings. The van der Waals surface area contributed by atoms with Crippen molar-refractivity contribution in [3.63, 3.8) is 0 Å².